The van der Waals surface area contributed by atoms with Crippen molar-refractivity contribution in [2.24, 2.45) is 0 Å². The number of aryl methyl sites for hydroxylation is 1. The van der Waals surface area contributed by atoms with Crippen LogP contribution in [0.5, 0.6) is 0 Å². The molecule has 3 heteroatoms. The van der Waals surface area contributed by atoms with Crippen LogP contribution in [0.2, 0.25) is 0 Å². The first kappa shape index (κ1) is 17.3. The Hall–Kier alpha value is -2.03. The van der Waals surface area contributed by atoms with Gasteiger partial charge in [0, 0.05) is 12.0 Å². The molecule has 0 fully saturated rings. The molecule has 3 nitrogen and oxygen atoms in total. The van der Waals surface area contributed by atoms with Gasteiger partial charge in [-0.2, -0.15) is 0 Å². The summed E-state index contributed by atoms with van der Waals surface area (Å²) in [6.45, 7) is 4.40. The fourth-order valence-corrected chi connectivity index (χ4v) is 2.63. The van der Waals surface area contributed by atoms with Gasteiger partial charge in [-0.1, -0.05) is 62.9 Å². The first-order valence-electron chi connectivity index (χ1n) is 8.61. The zero-order valence-electron chi connectivity index (χ0n) is 14.1. The maximum atomic E-state index is 12.2. The van der Waals surface area contributed by atoms with Crippen molar-refractivity contribution in [3.05, 3.63) is 47.7 Å². The summed E-state index contributed by atoms with van der Waals surface area (Å²) in [5, 5.41) is 0. The predicted octanol–water partition coefficient (Wildman–Crippen LogP) is 5.64. The second-order valence-corrected chi connectivity index (χ2v) is 5.70. The van der Waals surface area contributed by atoms with Crippen LogP contribution >= 0.6 is 0 Å². The van der Waals surface area contributed by atoms with E-state index in [0.717, 1.165) is 36.3 Å². The standard InChI is InChI=1S/C20H26O3/c1-3-5-6-7-11-14-18-17(20(21)22-4-2)15-19(23-18)16-12-9-8-10-13-16/h8-10,12-13,15H,3-7,11,14H2,1-2H3. The number of rotatable bonds is 9. The van der Waals surface area contributed by atoms with Crippen LogP contribution < -0.4 is 0 Å². The van der Waals surface area contributed by atoms with E-state index in [1.807, 2.05) is 43.3 Å². The summed E-state index contributed by atoms with van der Waals surface area (Å²) in [5.41, 5.74) is 1.55. The molecule has 0 aliphatic rings. The van der Waals surface area contributed by atoms with Crippen LogP contribution in [0.3, 0.4) is 0 Å². The lowest BCUT2D eigenvalue weighted by Gasteiger charge is -2.03. The van der Waals surface area contributed by atoms with Gasteiger partial charge in [-0.3, -0.25) is 0 Å². The summed E-state index contributed by atoms with van der Waals surface area (Å²) in [6.07, 6.45) is 6.71. The summed E-state index contributed by atoms with van der Waals surface area (Å²) in [5.74, 6) is 1.19. The molecule has 0 radical (unpaired) electrons. The maximum Gasteiger partial charge on any atom is 0.341 e. The summed E-state index contributed by atoms with van der Waals surface area (Å²) < 4.78 is 11.1. The molecular weight excluding hydrogens is 288 g/mol. The van der Waals surface area contributed by atoms with Crippen molar-refractivity contribution in [1.82, 2.24) is 0 Å². The molecule has 124 valence electrons. The highest BCUT2D eigenvalue weighted by Gasteiger charge is 2.19. The van der Waals surface area contributed by atoms with E-state index in [0.29, 0.717) is 12.2 Å². The van der Waals surface area contributed by atoms with E-state index in [9.17, 15) is 4.79 Å². The summed E-state index contributed by atoms with van der Waals surface area (Å²) in [7, 11) is 0. The van der Waals surface area contributed by atoms with Crippen LogP contribution in [0.4, 0.5) is 0 Å². The first-order valence-corrected chi connectivity index (χ1v) is 8.61. The molecular formula is C20H26O3. The van der Waals surface area contributed by atoms with Gasteiger partial charge < -0.3 is 9.15 Å². The van der Waals surface area contributed by atoms with Gasteiger partial charge in [-0.05, 0) is 19.4 Å². The lowest BCUT2D eigenvalue weighted by atomic mass is 10.1. The summed E-state index contributed by atoms with van der Waals surface area (Å²) in [6, 6.07) is 11.7. The number of benzene rings is 1. The smallest absolute Gasteiger partial charge is 0.341 e. The molecule has 0 aliphatic carbocycles. The average Bonchev–Trinajstić information content (AvgIpc) is 3.00. The average molecular weight is 314 g/mol. The van der Waals surface area contributed by atoms with Gasteiger partial charge in [0.25, 0.3) is 0 Å². The zero-order valence-corrected chi connectivity index (χ0v) is 14.1. The topological polar surface area (TPSA) is 39.4 Å². The maximum absolute atomic E-state index is 12.2. The van der Waals surface area contributed by atoms with Crippen molar-refractivity contribution in [2.45, 2.75) is 52.4 Å². The largest absolute Gasteiger partial charge is 0.462 e. The van der Waals surface area contributed by atoms with Crippen LogP contribution in [0, 0.1) is 0 Å². The van der Waals surface area contributed by atoms with E-state index < -0.39 is 0 Å². The highest BCUT2D eigenvalue weighted by Crippen LogP contribution is 2.27. The number of hydrogen-bond acceptors (Lipinski definition) is 3. The molecule has 0 bridgehead atoms. The SMILES string of the molecule is CCCCCCCc1oc(-c2ccccc2)cc1C(=O)OCC. The molecule has 23 heavy (non-hydrogen) atoms. The highest BCUT2D eigenvalue weighted by atomic mass is 16.5. The van der Waals surface area contributed by atoms with Gasteiger partial charge in [0.2, 0.25) is 0 Å². The number of unbranched alkanes of at least 4 members (excludes halogenated alkanes) is 4. The molecule has 1 heterocycles. The molecule has 0 spiro atoms. The van der Waals surface area contributed by atoms with Crippen LogP contribution in [0.1, 0.15) is 62.1 Å². The molecule has 0 N–H and O–H groups in total. The van der Waals surface area contributed by atoms with Crippen LogP contribution in [-0.4, -0.2) is 12.6 Å². The third-order valence-corrected chi connectivity index (χ3v) is 3.87. The molecule has 1 aromatic carbocycles. The number of ether oxygens (including phenoxy) is 1. The van der Waals surface area contributed by atoms with Gasteiger partial charge in [0.05, 0.1) is 6.61 Å². The lowest BCUT2D eigenvalue weighted by Crippen LogP contribution is -2.06. The molecule has 0 aliphatic heterocycles. The Bertz CT molecular complexity index is 599. The summed E-state index contributed by atoms with van der Waals surface area (Å²) >= 11 is 0. The Morgan fingerprint density at radius 3 is 2.48 bits per heavy atom. The van der Waals surface area contributed by atoms with Crippen molar-refractivity contribution in [3.63, 3.8) is 0 Å². The van der Waals surface area contributed by atoms with Crippen LogP contribution in [0.25, 0.3) is 11.3 Å². The molecule has 0 atom stereocenters. The molecule has 0 unspecified atom stereocenters. The fourth-order valence-electron chi connectivity index (χ4n) is 2.63. The van der Waals surface area contributed by atoms with Gasteiger partial charge in [-0.15, -0.1) is 0 Å². The van der Waals surface area contributed by atoms with Crippen molar-refractivity contribution in [2.75, 3.05) is 6.61 Å². The van der Waals surface area contributed by atoms with Crippen LogP contribution in [-0.2, 0) is 11.2 Å². The quantitative estimate of drug-likeness (QED) is 0.444. The Labute approximate surface area is 138 Å². The number of carbonyl (C=O) groups is 1. The Kier molecular flexibility index (Phi) is 6.92. The Morgan fingerprint density at radius 1 is 1.04 bits per heavy atom. The predicted molar refractivity (Wildman–Crippen MR) is 92.6 cm³/mol. The normalized spacial score (nSPS) is 10.7. The van der Waals surface area contributed by atoms with E-state index in [1.54, 1.807) is 0 Å². The minimum atomic E-state index is -0.290. The first-order chi connectivity index (χ1) is 11.3. The second kappa shape index (κ2) is 9.19. The second-order valence-electron chi connectivity index (χ2n) is 5.70. The van der Waals surface area contributed by atoms with Crippen LogP contribution in [0.15, 0.2) is 40.8 Å². The van der Waals surface area contributed by atoms with Gasteiger partial charge in [0.1, 0.15) is 17.1 Å². The molecule has 2 rings (SSSR count). The molecule has 0 saturated carbocycles. The monoisotopic (exact) mass is 314 g/mol. The van der Waals surface area contributed by atoms with Crippen molar-refractivity contribution < 1.29 is 13.9 Å². The van der Waals surface area contributed by atoms with E-state index in [2.05, 4.69) is 6.92 Å². The number of carbonyl (C=O) groups excluding carboxylic acids is 1. The van der Waals surface area contributed by atoms with Gasteiger partial charge in [0.15, 0.2) is 0 Å². The molecule has 0 amide bonds. The minimum absolute atomic E-state index is 0.290. The Balaban J connectivity index is 2.13. The summed E-state index contributed by atoms with van der Waals surface area (Å²) in [4.78, 5) is 12.2. The van der Waals surface area contributed by atoms with Crippen molar-refractivity contribution in [1.29, 1.82) is 0 Å². The number of esters is 1. The third-order valence-electron chi connectivity index (χ3n) is 3.87. The van der Waals surface area contributed by atoms with E-state index in [-0.39, 0.29) is 5.97 Å². The molecule has 2 aromatic rings. The molecule has 0 saturated heterocycles. The van der Waals surface area contributed by atoms with Gasteiger partial charge in [-0.25, -0.2) is 4.79 Å². The van der Waals surface area contributed by atoms with E-state index in [1.165, 1.54) is 19.3 Å². The zero-order chi connectivity index (χ0) is 16.5. The van der Waals surface area contributed by atoms with E-state index >= 15 is 0 Å². The fraction of sp³-hybridized carbons (Fsp3) is 0.450. The van der Waals surface area contributed by atoms with Crippen molar-refractivity contribution in [3.8, 4) is 11.3 Å². The molecule has 1 aromatic heterocycles. The highest BCUT2D eigenvalue weighted by molar-refractivity contribution is 5.92. The third kappa shape index (κ3) is 4.98. The number of hydrogen-bond donors (Lipinski definition) is 0. The minimum Gasteiger partial charge on any atom is -0.462 e. The van der Waals surface area contributed by atoms with Gasteiger partial charge >= 0.3 is 5.97 Å². The van der Waals surface area contributed by atoms with E-state index in [4.69, 9.17) is 9.15 Å². The lowest BCUT2D eigenvalue weighted by molar-refractivity contribution is 0.0523. The number of furan rings is 1. The van der Waals surface area contributed by atoms with Crippen molar-refractivity contribution >= 4 is 5.97 Å². The Morgan fingerprint density at radius 2 is 1.78 bits per heavy atom.